The molecule has 1 rings (SSSR count). The third-order valence-electron chi connectivity index (χ3n) is 4.53. The van der Waals surface area contributed by atoms with Crippen molar-refractivity contribution in [3.05, 3.63) is 35.9 Å². The van der Waals surface area contributed by atoms with Gasteiger partial charge < -0.3 is 5.11 Å². The Bertz CT molecular complexity index is 557. The Kier molecular flexibility index (Phi) is 6.94. The molecule has 0 heterocycles. The molecule has 1 aromatic rings. The van der Waals surface area contributed by atoms with Crippen molar-refractivity contribution in [2.75, 3.05) is 0 Å². The normalized spacial score (nSPS) is 12.6. The summed E-state index contributed by atoms with van der Waals surface area (Å²) in [5.74, 6) is 8.78. The van der Waals surface area contributed by atoms with Crippen molar-refractivity contribution in [1.29, 1.82) is 0 Å². The van der Waals surface area contributed by atoms with E-state index in [1.165, 1.54) is 0 Å². The highest BCUT2D eigenvalue weighted by atomic mass is 28.3. The Morgan fingerprint density at radius 2 is 1.32 bits per heavy atom. The lowest BCUT2D eigenvalue weighted by molar-refractivity contribution is 0.238. The maximum Gasteiger partial charge on any atom is 0.147 e. The lowest BCUT2D eigenvalue weighted by atomic mass is 10.1. The molecular formula is C20H28OSi. The molecule has 1 N–H and O–H groups in total. The Morgan fingerprint density at radius 1 is 0.818 bits per heavy atom. The summed E-state index contributed by atoms with van der Waals surface area (Å²) in [5, 5.41) is 10.0. The van der Waals surface area contributed by atoms with E-state index in [1.54, 1.807) is 0 Å². The van der Waals surface area contributed by atoms with Crippen molar-refractivity contribution in [1.82, 2.24) is 0 Å². The lowest BCUT2D eigenvalue weighted by Gasteiger charge is -2.37. The third-order valence-corrected chi connectivity index (χ3v) is 10.8. The van der Waals surface area contributed by atoms with E-state index >= 15 is 0 Å². The van der Waals surface area contributed by atoms with E-state index in [0.29, 0.717) is 16.6 Å². The number of aliphatic hydroxyl groups is 1. The van der Waals surface area contributed by atoms with E-state index in [-0.39, 0.29) is 0 Å². The summed E-state index contributed by atoms with van der Waals surface area (Å²) >= 11 is 0. The molecule has 1 aromatic carbocycles. The van der Waals surface area contributed by atoms with E-state index in [0.717, 1.165) is 5.56 Å². The van der Waals surface area contributed by atoms with E-state index < -0.39 is 14.2 Å². The quantitative estimate of drug-likeness (QED) is 0.616. The van der Waals surface area contributed by atoms with Crippen LogP contribution in [-0.2, 0) is 0 Å². The zero-order valence-corrected chi connectivity index (χ0v) is 15.6. The SMILES string of the molecule is CC(C)[Si](C#CC#C[C@@H](O)c1ccccc1)(C(C)C)C(C)C. The summed E-state index contributed by atoms with van der Waals surface area (Å²) in [4.78, 5) is 0. The minimum Gasteiger partial charge on any atom is -0.376 e. The standard InChI is InChI=1S/C20H28OSi/c1-16(2)22(17(3)4,18(5)6)15-11-10-14-20(21)19-12-8-7-9-13-19/h7-9,12-13,16-18,20-21H,1-6H3/t20-/m1/s1. The lowest BCUT2D eigenvalue weighted by Crippen LogP contribution is -2.43. The molecule has 0 radical (unpaired) electrons. The largest absolute Gasteiger partial charge is 0.376 e. The van der Waals surface area contributed by atoms with Crippen molar-refractivity contribution in [3.8, 4) is 23.3 Å². The van der Waals surface area contributed by atoms with Crippen molar-refractivity contribution in [2.45, 2.75) is 64.3 Å². The van der Waals surface area contributed by atoms with Crippen LogP contribution < -0.4 is 0 Å². The smallest absolute Gasteiger partial charge is 0.147 e. The molecule has 0 aromatic heterocycles. The second kappa shape index (κ2) is 8.23. The van der Waals surface area contributed by atoms with Crippen LogP contribution in [0, 0.1) is 23.3 Å². The van der Waals surface area contributed by atoms with Gasteiger partial charge in [0, 0.05) is 0 Å². The second-order valence-electron chi connectivity index (χ2n) is 6.73. The van der Waals surface area contributed by atoms with Crippen molar-refractivity contribution in [2.24, 2.45) is 0 Å². The van der Waals surface area contributed by atoms with Crippen LogP contribution in [0.2, 0.25) is 16.6 Å². The van der Waals surface area contributed by atoms with Crippen LogP contribution in [0.4, 0.5) is 0 Å². The van der Waals surface area contributed by atoms with Gasteiger partial charge in [-0.05, 0) is 34.0 Å². The number of hydrogen-bond acceptors (Lipinski definition) is 1. The fourth-order valence-electron chi connectivity index (χ4n) is 3.40. The van der Waals surface area contributed by atoms with Crippen LogP contribution in [0.25, 0.3) is 0 Å². The second-order valence-corrected chi connectivity index (χ2v) is 12.3. The monoisotopic (exact) mass is 312 g/mol. The Labute approximate surface area is 137 Å². The molecule has 0 aliphatic carbocycles. The van der Waals surface area contributed by atoms with Crippen LogP contribution >= 0.6 is 0 Å². The fraction of sp³-hybridized carbons (Fsp3) is 0.500. The van der Waals surface area contributed by atoms with Gasteiger partial charge in [-0.25, -0.2) is 0 Å². The minimum absolute atomic E-state index is 0.598. The van der Waals surface area contributed by atoms with Gasteiger partial charge in [-0.1, -0.05) is 77.8 Å². The first-order chi connectivity index (χ1) is 10.3. The van der Waals surface area contributed by atoms with Crippen LogP contribution in [0.15, 0.2) is 30.3 Å². The summed E-state index contributed by atoms with van der Waals surface area (Å²) < 4.78 is 0. The van der Waals surface area contributed by atoms with Crippen LogP contribution in [0.1, 0.15) is 53.2 Å². The predicted molar refractivity (Wildman–Crippen MR) is 98.0 cm³/mol. The number of benzene rings is 1. The van der Waals surface area contributed by atoms with E-state index in [4.69, 9.17) is 0 Å². The topological polar surface area (TPSA) is 20.2 Å². The minimum atomic E-state index is -1.72. The number of rotatable bonds is 4. The van der Waals surface area contributed by atoms with Crippen LogP contribution in [0.5, 0.6) is 0 Å². The highest BCUT2D eigenvalue weighted by Gasteiger charge is 2.41. The molecule has 118 valence electrons. The molecule has 0 saturated carbocycles. The maximum atomic E-state index is 10.0. The third kappa shape index (κ3) is 4.26. The molecule has 0 bridgehead atoms. The van der Waals surface area contributed by atoms with Crippen LogP contribution in [0.3, 0.4) is 0 Å². The molecular weight excluding hydrogens is 284 g/mol. The van der Waals surface area contributed by atoms with Crippen LogP contribution in [-0.4, -0.2) is 13.2 Å². The number of aliphatic hydroxyl groups excluding tert-OH is 1. The van der Waals surface area contributed by atoms with E-state index in [2.05, 4.69) is 64.8 Å². The summed E-state index contributed by atoms with van der Waals surface area (Å²) in [6.07, 6.45) is -0.760. The van der Waals surface area contributed by atoms with Gasteiger partial charge in [0.2, 0.25) is 0 Å². The Hall–Kier alpha value is -1.48. The van der Waals surface area contributed by atoms with Gasteiger partial charge >= 0.3 is 0 Å². The molecule has 1 nitrogen and oxygen atoms in total. The molecule has 0 spiro atoms. The maximum absolute atomic E-state index is 10.0. The molecule has 0 fully saturated rings. The van der Waals surface area contributed by atoms with Gasteiger partial charge in [0.1, 0.15) is 14.2 Å². The zero-order chi connectivity index (χ0) is 16.8. The molecule has 0 amide bonds. The molecule has 0 aliphatic rings. The summed E-state index contributed by atoms with van der Waals surface area (Å²) in [7, 11) is -1.72. The molecule has 0 unspecified atom stereocenters. The molecule has 22 heavy (non-hydrogen) atoms. The fourth-order valence-corrected chi connectivity index (χ4v) is 8.54. The first-order valence-electron chi connectivity index (χ1n) is 8.08. The van der Waals surface area contributed by atoms with Gasteiger partial charge in [0.15, 0.2) is 0 Å². The Morgan fingerprint density at radius 3 is 1.77 bits per heavy atom. The van der Waals surface area contributed by atoms with Crippen molar-refractivity contribution < 1.29 is 5.11 Å². The van der Waals surface area contributed by atoms with E-state index in [1.807, 2.05) is 30.3 Å². The molecule has 0 saturated heterocycles. The van der Waals surface area contributed by atoms with Crippen molar-refractivity contribution in [3.63, 3.8) is 0 Å². The van der Waals surface area contributed by atoms with Gasteiger partial charge in [-0.2, -0.15) is 0 Å². The zero-order valence-electron chi connectivity index (χ0n) is 14.6. The van der Waals surface area contributed by atoms with Gasteiger partial charge in [0.25, 0.3) is 0 Å². The average Bonchev–Trinajstić information content (AvgIpc) is 2.46. The number of hydrogen-bond donors (Lipinski definition) is 1. The average molecular weight is 313 g/mol. The molecule has 2 heteroatoms. The van der Waals surface area contributed by atoms with Gasteiger partial charge in [0.05, 0.1) is 0 Å². The first kappa shape index (κ1) is 18.6. The van der Waals surface area contributed by atoms with Gasteiger partial charge in [-0.3, -0.25) is 0 Å². The highest BCUT2D eigenvalue weighted by molar-refractivity contribution is 6.90. The van der Waals surface area contributed by atoms with E-state index in [9.17, 15) is 5.11 Å². The predicted octanol–water partition coefficient (Wildman–Crippen LogP) is 4.94. The summed E-state index contributed by atoms with van der Waals surface area (Å²) in [6, 6.07) is 9.49. The first-order valence-corrected chi connectivity index (χ1v) is 10.3. The Balaban J connectivity index is 3.00. The van der Waals surface area contributed by atoms with Gasteiger partial charge in [-0.15, -0.1) is 5.54 Å². The molecule has 1 atom stereocenters. The molecule has 0 aliphatic heterocycles. The summed E-state index contributed by atoms with van der Waals surface area (Å²) in [6.45, 7) is 13.7. The van der Waals surface area contributed by atoms with Crippen molar-refractivity contribution >= 4 is 8.07 Å². The summed E-state index contributed by atoms with van der Waals surface area (Å²) in [5.41, 5.74) is 6.15. The highest BCUT2D eigenvalue weighted by Crippen LogP contribution is 2.40.